The number of alkyl halides is 3. The second kappa shape index (κ2) is 10.9. The number of aryl methyl sites for hydroxylation is 1. The van der Waals surface area contributed by atoms with Gasteiger partial charge in [-0.05, 0) is 42.2 Å². The van der Waals surface area contributed by atoms with E-state index in [0.717, 1.165) is 17.7 Å². The molecule has 1 unspecified atom stereocenters. The number of hydrogen-bond acceptors (Lipinski definition) is 6. The Morgan fingerprint density at radius 1 is 1.16 bits per heavy atom. The topological polar surface area (TPSA) is 69.1 Å². The molecule has 0 aliphatic heterocycles. The number of nitrogens with zero attached hydrogens (tertiary/aromatic N) is 1. The lowest BCUT2D eigenvalue weighted by Gasteiger charge is -2.19. The van der Waals surface area contributed by atoms with Crippen LogP contribution >= 0.6 is 0 Å². The summed E-state index contributed by atoms with van der Waals surface area (Å²) in [6.07, 6.45) is -4.07. The maximum atomic E-state index is 13.0. The van der Waals surface area contributed by atoms with Gasteiger partial charge in [0.25, 0.3) is 0 Å². The highest BCUT2D eigenvalue weighted by molar-refractivity contribution is 6.00. The molecule has 168 valence electrons. The van der Waals surface area contributed by atoms with E-state index in [0.29, 0.717) is 28.8 Å². The molecule has 31 heavy (non-hydrogen) atoms. The molecule has 1 atom stereocenters. The normalized spacial score (nSPS) is 13.1. The summed E-state index contributed by atoms with van der Waals surface area (Å²) >= 11 is 0. The number of hydrogen-bond donors (Lipinski definition) is 1. The van der Waals surface area contributed by atoms with Crippen molar-refractivity contribution in [1.82, 2.24) is 5.48 Å². The number of methoxy groups -OCH3 is 1. The van der Waals surface area contributed by atoms with E-state index in [2.05, 4.69) is 10.6 Å². The Labute approximate surface area is 178 Å². The minimum Gasteiger partial charge on any atom is -0.468 e. The van der Waals surface area contributed by atoms with Gasteiger partial charge in [0.1, 0.15) is 6.61 Å². The standard InChI is InChI=1S/C22H25F3N2O4/c1-5-19(15-9-7-10-16(12-15)22(23,24)25)26-31-13-18-14(2)8-6-11-17(18)20(27-30-4)21(28)29-3/h6-12,20,27H,5,13H2,1-4H3/b26-19+. The highest BCUT2D eigenvalue weighted by Gasteiger charge is 2.30. The van der Waals surface area contributed by atoms with Gasteiger partial charge in [-0.3, -0.25) is 0 Å². The molecule has 0 amide bonds. The van der Waals surface area contributed by atoms with Crippen LogP contribution in [-0.4, -0.2) is 25.9 Å². The van der Waals surface area contributed by atoms with E-state index in [1.165, 1.54) is 20.3 Å². The predicted molar refractivity (Wildman–Crippen MR) is 109 cm³/mol. The van der Waals surface area contributed by atoms with Crippen LogP contribution in [0, 0.1) is 6.92 Å². The maximum absolute atomic E-state index is 13.0. The molecule has 6 nitrogen and oxygen atoms in total. The van der Waals surface area contributed by atoms with E-state index in [1.807, 2.05) is 13.0 Å². The Morgan fingerprint density at radius 3 is 2.48 bits per heavy atom. The zero-order valence-electron chi connectivity index (χ0n) is 17.7. The van der Waals surface area contributed by atoms with Crippen molar-refractivity contribution in [3.8, 4) is 0 Å². The van der Waals surface area contributed by atoms with Crippen LogP contribution in [-0.2, 0) is 32.0 Å². The maximum Gasteiger partial charge on any atom is 0.416 e. The molecule has 0 heterocycles. The summed E-state index contributed by atoms with van der Waals surface area (Å²) in [5.41, 5.74) is 4.67. The van der Waals surface area contributed by atoms with Crippen LogP contribution in [0.1, 0.15) is 47.2 Å². The van der Waals surface area contributed by atoms with Crippen molar-refractivity contribution in [2.75, 3.05) is 14.2 Å². The van der Waals surface area contributed by atoms with Crippen LogP contribution in [0.4, 0.5) is 13.2 Å². The molecule has 0 radical (unpaired) electrons. The van der Waals surface area contributed by atoms with Crippen molar-refractivity contribution in [3.05, 3.63) is 70.3 Å². The van der Waals surface area contributed by atoms with Crippen molar-refractivity contribution in [2.45, 2.75) is 39.1 Å². The number of rotatable bonds is 9. The number of carbonyl (C=O) groups excluding carboxylic acids is 1. The molecule has 9 heteroatoms. The zero-order valence-corrected chi connectivity index (χ0v) is 17.7. The second-order valence-corrected chi connectivity index (χ2v) is 6.66. The first-order valence-electron chi connectivity index (χ1n) is 9.54. The first-order valence-corrected chi connectivity index (χ1v) is 9.54. The Hall–Kier alpha value is -2.91. The van der Waals surface area contributed by atoms with Gasteiger partial charge in [-0.2, -0.15) is 18.7 Å². The van der Waals surface area contributed by atoms with Crippen LogP contribution in [0.3, 0.4) is 0 Å². The monoisotopic (exact) mass is 438 g/mol. The minimum atomic E-state index is -4.44. The molecule has 0 spiro atoms. The van der Waals surface area contributed by atoms with Crippen molar-refractivity contribution in [2.24, 2.45) is 5.16 Å². The number of oxime groups is 1. The summed E-state index contributed by atoms with van der Waals surface area (Å²) in [5.74, 6) is -0.546. The number of carbonyl (C=O) groups is 1. The van der Waals surface area contributed by atoms with Gasteiger partial charge in [-0.25, -0.2) is 4.79 Å². The van der Waals surface area contributed by atoms with E-state index >= 15 is 0 Å². The molecule has 1 N–H and O–H groups in total. The number of ether oxygens (including phenoxy) is 1. The molecule has 0 fully saturated rings. The van der Waals surface area contributed by atoms with Crippen LogP contribution in [0.2, 0.25) is 0 Å². The van der Waals surface area contributed by atoms with Crippen molar-refractivity contribution in [3.63, 3.8) is 0 Å². The van der Waals surface area contributed by atoms with Crippen LogP contribution in [0.5, 0.6) is 0 Å². The Balaban J connectivity index is 2.30. The second-order valence-electron chi connectivity index (χ2n) is 6.66. The highest BCUT2D eigenvalue weighted by Crippen LogP contribution is 2.30. The summed E-state index contributed by atoms with van der Waals surface area (Å²) in [5, 5.41) is 4.06. The average Bonchev–Trinajstić information content (AvgIpc) is 2.75. The Morgan fingerprint density at radius 2 is 1.87 bits per heavy atom. The lowest BCUT2D eigenvalue weighted by Crippen LogP contribution is -2.30. The van der Waals surface area contributed by atoms with Crippen LogP contribution in [0.15, 0.2) is 47.6 Å². The number of hydroxylamine groups is 1. The van der Waals surface area contributed by atoms with Gasteiger partial charge in [0.05, 0.1) is 25.5 Å². The van der Waals surface area contributed by atoms with E-state index in [9.17, 15) is 18.0 Å². The summed E-state index contributed by atoms with van der Waals surface area (Å²) in [4.78, 5) is 22.6. The highest BCUT2D eigenvalue weighted by atomic mass is 19.4. The third kappa shape index (κ3) is 6.28. The van der Waals surface area contributed by atoms with E-state index < -0.39 is 23.8 Å². The Bertz CT molecular complexity index is 929. The fraction of sp³-hybridized carbons (Fsp3) is 0.364. The van der Waals surface area contributed by atoms with Crippen molar-refractivity contribution >= 4 is 11.7 Å². The molecule has 0 aliphatic carbocycles. The van der Waals surface area contributed by atoms with Crippen molar-refractivity contribution in [1.29, 1.82) is 0 Å². The summed E-state index contributed by atoms with van der Waals surface area (Å²) in [6, 6.07) is 9.41. The fourth-order valence-corrected chi connectivity index (χ4v) is 3.04. The summed E-state index contributed by atoms with van der Waals surface area (Å²) < 4.78 is 43.8. The van der Waals surface area contributed by atoms with Gasteiger partial charge >= 0.3 is 12.1 Å². The molecule has 0 bridgehead atoms. The van der Waals surface area contributed by atoms with Gasteiger partial charge in [0.2, 0.25) is 0 Å². The quantitative estimate of drug-likeness (QED) is 0.349. The SMILES string of the molecule is CC/C(=N\OCc1c(C)cccc1C(NOC)C(=O)OC)c1cccc(C(F)(F)F)c1. The van der Waals surface area contributed by atoms with Gasteiger partial charge in [0, 0.05) is 5.56 Å². The van der Waals surface area contributed by atoms with Gasteiger partial charge in [0.15, 0.2) is 6.04 Å². The number of benzene rings is 2. The molecule has 0 saturated carbocycles. The lowest BCUT2D eigenvalue weighted by molar-refractivity contribution is -0.147. The average molecular weight is 438 g/mol. The van der Waals surface area contributed by atoms with Gasteiger partial charge < -0.3 is 14.4 Å². The predicted octanol–water partition coefficient (Wildman–Crippen LogP) is 4.71. The summed E-state index contributed by atoms with van der Waals surface area (Å²) in [6.45, 7) is 3.63. The molecule has 0 saturated heterocycles. The zero-order chi connectivity index (χ0) is 23.0. The fourth-order valence-electron chi connectivity index (χ4n) is 3.04. The van der Waals surface area contributed by atoms with E-state index in [4.69, 9.17) is 14.4 Å². The van der Waals surface area contributed by atoms with Gasteiger partial charge in [-0.15, -0.1) is 0 Å². The molecule has 2 aromatic rings. The number of halogens is 3. The first kappa shape index (κ1) is 24.4. The van der Waals surface area contributed by atoms with E-state index in [-0.39, 0.29) is 6.61 Å². The largest absolute Gasteiger partial charge is 0.468 e. The molecule has 0 aromatic heterocycles. The first-order chi connectivity index (χ1) is 14.7. The third-order valence-electron chi connectivity index (χ3n) is 4.67. The van der Waals surface area contributed by atoms with Crippen LogP contribution < -0.4 is 5.48 Å². The molecule has 2 aromatic carbocycles. The molecule has 0 aliphatic rings. The third-order valence-corrected chi connectivity index (χ3v) is 4.67. The van der Waals surface area contributed by atoms with E-state index in [1.54, 1.807) is 25.1 Å². The Kier molecular flexibility index (Phi) is 8.58. The minimum absolute atomic E-state index is 0.00333. The number of nitrogens with one attached hydrogen (secondary N) is 1. The molecular weight excluding hydrogens is 413 g/mol. The molecule has 2 rings (SSSR count). The van der Waals surface area contributed by atoms with Crippen LogP contribution in [0.25, 0.3) is 0 Å². The molecular formula is C22H25F3N2O4. The van der Waals surface area contributed by atoms with Crippen molar-refractivity contribution < 1.29 is 32.4 Å². The summed E-state index contributed by atoms with van der Waals surface area (Å²) in [7, 11) is 2.65. The smallest absolute Gasteiger partial charge is 0.416 e. The lowest BCUT2D eigenvalue weighted by atomic mass is 9.97. The van der Waals surface area contributed by atoms with Gasteiger partial charge in [-0.1, -0.05) is 42.4 Å². The number of esters is 1.